The van der Waals surface area contributed by atoms with Gasteiger partial charge in [-0.2, -0.15) is 13.2 Å². The summed E-state index contributed by atoms with van der Waals surface area (Å²) in [5.41, 5.74) is 1.79. The highest BCUT2D eigenvalue weighted by Crippen LogP contribution is 2.37. The number of hydrogen-bond acceptors (Lipinski definition) is 3. The van der Waals surface area contributed by atoms with E-state index in [0.717, 1.165) is 12.1 Å². The Hall–Kier alpha value is -1.11. The van der Waals surface area contributed by atoms with E-state index in [4.69, 9.17) is 10.6 Å². The van der Waals surface area contributed by atoms with Crippen LogP contribution in [0.1, 0.15) is 50.8 Å². The summed E-state index contributed by atoms with van der Waals surface area (Å²) >= 11 is 0. The third-order valence-electron chi connectivity index (χ3n) is 3.87. The third-order valence-corrected chi connectivity index (χ3v) is 3.87. The molecule has 1 rings (SSSR count). The zero-order valence-electron chi connectivity index (χ0n) is 12.6. The molecular weight excluding hydrogens is 281 g/mol. The molecule has 1 unspecified atom stereocenters. The van der Waals surface area contributed by atoms with E-state index in [1.54, 1.807) is 6.07 Å². The molecule has 0 fully saturated rings. The summed E-state index contributed by atoms with van der Waals surface area (Å²) in [5.74, 6) is 5.62. The normalized spacial score (nSPS) is 14.2. The van der Waals surface area contributed by atoms with Crippen LogP contribution in [-0.2, 0) is 10.9 Å². The summed E-state index contributed by atoms with van der Waals surface area (Å²) in [6.45, 7) is 6.22. The molecule has 0 saturated carbocycles. The Morgan fingerprint density at radius 3 is 2.24 bits per heavy atom. The molecule has 3 nitrogen and oxygen atoms in total. The molecule has 1 aromatic rings. The maximum absolute atomic E-state index is 12.9. The zero-order chi connectivity index (χ0) is 16.1. The fourth-order valence-electron chi connectivity index (χ4n) is 2.68. The summed E-state index contributed by atoms with van der Waals surface area (Å²) in [6.07, 6.45) is -3.09. The van der Waals surface area contributed by atoms with Crippen LogP contribution in [-0.4, -0.2) is 12.2 Å². The molecule has 0 bridgehead atoms. The lowest BCUT2D eigenvalue weighted by molar-refractivity contribution is -0.137. The smallest absolute Gasteiger partial charge is 0.373 e. The van der Waals surface area contributed by atoms with Gasteiger partial charge in [-0.1, -0.05) is 26.0 Å². The van der Waals surface area contributed by atoms with Gasteiger partial charge in [0.1, 0.15) is 0 Å². The van der Waals surface area contributed by atoms with Crippen molar-refractivity contribution in [1.29, 1.82) is 0 Å². The predicted molar refractivity (Wildman–Crippen MR) is 76.4 cm³/mol. The molecule has 21 heavy (non-hydrogen) atoms. The van der Waals surface area contributed by atoms with E-state index in [2.05, 4.69) is 5.43 Å². The lowest BCUT2D eigenvalue weighted by Gasteiger charge is -2.39. The molecule has 1 aromatic carbocycles. The van der Waals surface area contributed by atoms with Gasteiger partial charge in [0, 0.05) is 6.61 Å². The molecule has 0 spiro atoms. The number of halogens is 3. The van der Waals surface area contributed by atoms with E-state index in [0.29, 0.717) is 25.0 Å². The largest absolute Gasteiger partial charge is 0.416 e. The van der Waals surface area contributed by atoms with E-state index in [-0.39, 0.29) is 0 Å². The first-order valence-electron chi connectivity index (χ1n) is 7.11. The van der Waals surface area contributed by atoms with Crippen LogP contribution in [0.5, 0.6) is 0 Å². The van der Waals surface area contributed by atoms with Gasteiger partial charge in [-0.15, -0.1) is 0 Å². The number of rotatable bonds is 7. The summed E-state index contributed by atoms with van der Waals surface area (Å²) in [5, 5.41) is 0. The summed E-state index contributed by atoms with van der Waals surface area (Å²) in [4.78, 5) is 0. The Balaban J connectivity index is 3.26. The molecule has 0 aliphatic carbocycles. The number of alkyl halides is 3. The first-order chi connectivity index (χ1) is 9.84. The Bertz CT molecular complexity index is 445. The van der Waals surface area contributed by atoms with Crippen molar-refractivity contribution < 1.29 is 17.9 Å². The molecule has 0 aromatic heterocycles. The van der Waals surface area contributed by atoms with Crippen molar-refractivity contribution in [2.45, 2.75) is 51.4 Å². The molecule has 0 radical (unpaired) electrons. The predicted octanol–water partition coefficient (Wildman–Crippen LogP) is 3.81. The lowest BCUT2D eigenvalue weighted by Crippen LogP contribution is -2.48. The van der Waals surface area contributed by atoms with Gasteiger partial charge in [-0.05, 0) is 37.5 Å². The average Bonchev–Trinajstić information content (AvgIpc) is 2.46. The van der Waals surface area contributed by atoms with Gasteiger partial charge >= 0.3 is 6.18 Å². The quantitative estimate of drug-likeness (QED) is 0.595. The Morgan fingerprint density at radius 1 is 1.19 bits per heavy atom. The van der Waals surface area contributed by atoms with Gasteiger partial charge < -0.3 is 4.74 Å². The maximum Gasteiger partial charge on any atom is 0.416 e. The number of nitrogens with one attached hydrogen (secondary N) is 1. The second kappa shape index (κ2) is 7.24. The molecule has 1 atom stereocenters. The Morgan fingerprint density at radius 2 is 1.81 bits per heavy atom. The standard InChI is InChI=1S/C15H23F3N2O/c1-4-14(5-2,21-6-3)13(20-19)11-8-7-9-12(10-11)15(16,17)18/h7-10,13,20H,4-6,19H2,1-3H3. The van der Waals surface area contributed by atoms with Crippen molar-refractivity contribution in [1.82, 2.24) is 5.43 Å². The van der Waals surface area contributed by atoms with Crippen LogP contribution in [0.3, 0.4) is 0 Å². The van der Waals surface area contributed by atoms with Crippen molar-refractivity contribution in [2.75, 3.05) is 6.61 Å². The van der Waals surface area contributed by atoms with Crippen molar-refractivity contribution in [2.24, 2.45) is 5.84 Å². The number of hydrazine groups is 1. The lowest BCUT2D eigenvalue weighted by atomic mass is 9.83. The van der Waals surface area contributed by atoms with Crippen LogP contribution >= 0.6 is 0 Å². The van der Waals surface area contributed by atoms with Gasteiger partial charge in [0.2, 0.25) is 0 Å². The van der Waals surface area contributed by atoms with Crippen molar-refractivity contribution in [3.05, 3.63) is 35.4 Å². The van der Waals surface area contributed by atoms with Crippen LogP contribution in [0.4, 0.5) is 13.2 Å². The van der Waals surface area contributed by atoms with Gasteiger partial charge in [0.15, 0.2) is 0 Å². The van der Waals surface area contributed by atoms with E-state index < -0.39 is 23.4 Å². The second-order valence-electron chi connectivity index (χ2n) is 4.93. The summed E-state index contributed by atoms with van der Waals surface area (Å²) < 4.78 is 44.4. The van der Waals surface area contributed by atoms with Gasteiger partial charge in [-0.25, -0.2) is 0 Å². The molecule has 120 valence electrons. The highest BCUT2D eigenvalue weighted by atomic mass is 19.4. The first kappa shape index (κ1) is 17.9. The Labute approximate surface area is 123 Å². The topological polar surface area (TPSA) is 47.3 Å². The minimum atomic E-state index is -4.37. The molecule has 0 amide bonds. The Kier molecular flexibility index (Phi) is 6.19. The minimum absolute atomic E-state index is 0.471. The number of ether oxygens (including phenoxy) is 1. The summed E-state index contributed by atoms with van der Waals surface area (Å²) in [7, 11) is 0. The van der Waals surface area contributed by atoms with Gasteiger partial charge in [-0.3, -0.25) is 11.3 Å². The van der Waals surface area contributed by atoms with Crippen LogP contribution in [0.25, 0.3) is 0 Å². The van der Waals surface area contributed by atoms with Crippen molar-refractivity contribution >= 4 is 0 Å². The molecule has 0 saturated heterocycles. The van der Waals surface area contributed by atoms with E-state index >= 15 is 0 Å². The van der Waals surface area contributed by atoms with E-state index in [1.807, 2.05) is 20.8 Å². The molecule has 0 aliphatic rings. The molecule has 0 aliphatic heterocycles. The molecule has 3 N–H and O–H groups in total. The van der Waals surface area contributed by atoms with Crippen molar-refractivity contribution in [3.63, 3.8) is 0 Å². The average molecular weight is 304 g/mol. The van der Waals surface area contributed by atoms with Gasteiger partial charge in [0.05, 0.1) is 17.2 Å². The fraction of sp³-hybridized carbons (Fsp3) is 0.600. The second-order valence-corrected chi connectivity index (χ2v) is 4.93. The van der Waals surface area contributed by atoms with Crippen LogP contribution in [0.2, 0.25) is 0 Å². The van der Waals surface area contributed by atoms with Gasteiger partial charge in [0.25, 0.3) is 0 Å². The monoisotopic (exact) mass is 304 g/mol. The number of nitrogens with two attached hydrogens (primary N) is 1. The maximum atomic E-state index is 12.9. The van der Waals surface area contributed by atoms with Crippen LogP contribution in [0, 0.1) is 0 Å². The highest BCUT2D eigenvalue weighted by Gasteiger charge is 2.38. The van der Waals surface area contributed by atoms with Crippen LogP contribution in [0.15, 0.2) is 24.3 Å². The minimum Gasteiger partial charge on any atom is -0.373 e. The molecular formula is C15H23F3N2O. The molecule has 0 heterocycles. The van der Waals surface area contributed by atoms with Crippen molar-refractivity contribution in [3.8, 4) is 0 Å². The SMILES string of the molecule is CCOC(CC)(CC)C(NN)c1cccc(C(F)(F)F)c1. The van der Waals surface area contributed by atoms with Crippen LogP contribution < -0.4 is 11.3 Å². The summed E-state index contributed by atoms with van der Waals surface area (Å²) in [6, 6.07) is 4.71. The zero-order valence-corrected chi connectivity index (χ0v) is 12.6. The third kappa shape index (κ3) is 3.96. The van der Waals surface area contributed by atoms with E-state index in [1.165, 1.54) is 6.07 Å². The molecule has 6 heteroatoms. The highest BCUT2D eigenvalue weighted by molar-refractivity contribution is 5.29. The fourth-order valence-corrected chi connectivity index (χ4v) is 2.68. The first-order valence-corrected chi connectivity index (χ1v) is 7.11. The van der Waals surface area contributed by atoms with E-state index in [9.17, 15) is 13.2 Å². The number of benzene rings is 1. The number of hydrogen-bond donors (Lipinski definition) is 2.